The van der Waals surface area contributed by atoms with Crippen LogP contribution >= 0.6 is 23.1 Å². The fraction of sp³-hybridized carbons (Fsp3) is 0.250. The first-order valence-corrected chi connectivity index (χ1v) is 10.2. The molecule has 1 aromatic carbocycles. The van der Waals surface area contributed by atoms with E-state index in [2.05, 4.69) is 24.0 Å². The van der Waals surface area contributed by atoms with E-state index in [-0.39, 0.29) is 5.91 Å². The van der Waals surface area contributed by atoms with Crippen molar-refractivity contribution in [2.45, 2.75) is 38.5 Å². The molecular weight excluding hydrogens is 362 g/mol. The van der Waals surface area contributed by atoms with E-state index in [9.17, 15) is 4.79 Å². The van der Waals surface area contributed by atoms with Crippen LogP contribution in [0.25, 0.3) is 0 Å². The molecule has 0 unspecified atom stereocenters. The lowest BCUT2D eigenvalue weighted by Crippen LogP contribution is -2.24. The molecule has 6 heteroatoms. The molecule has 2 heterocycles. The van der Waals surface area contributed by atoms with Gasteiger partial charge < -0.3 is 0 Å². The highest BCUT2D eigenvalue weighted by Gasteiger charge is 2.21. The highest BCUT2D eigenvalue weighted by Crippen LogP contribution is 2.35. The van der Waals surface area contributed by atoms with Crippen LogP contribution in [0, 0.1) is 20.8 Å². The third-order valence-electron chi connectivity index (χ3n) is 3.91. The summed E-state index contributed by atoms with van der Waals surface area (Å²) in [7, 11) is 0. The number of aryl methyl sites for hydroxylation is 3. The minimum atomic E-state index is -0.0293. The van der Waals surface area contributed by atoms with Gasteiger partial charge in [0.25, 0.3) is 0 Å². The summed E-state index contributed by atoms with van der Waals surface area (Å²) in [5, 5.41) is 3.69. The molecule has 4 nitrogen and oxygen atoms in total. The zero-order valence-electron chi connectivity index (χ0n) is 15.3. The lowest BCUT2D eigenvalue weighted by Gasteiger charge is -2.23. The van der Waals surface area contributed by atoms with Crippen LogP contribution in [0.15, 0.2) is 46.9 Å². The summed E-state index contributed by atoms with van der Waals surface area (Å²) >= 11 is 3.14. The molecule has 0 radical (unpaired) electrons. The Morgan fingerprint density at radius 2 is 1.92 bits per heavy atom. The number of carbonyl (C=O) groups excluding carboxylic acids is 1. The normalized spacial score (nSPS) is 10.8. The number of amides is 1. The number of hydrogen-bond acceptors (Lipinski definition) is 5. The number of thioether (sulfide) groups is 1. The molecule has 0 aliphatic heterocycles. The second-order valence-corrected chi connectivity index (χ2v) is 8.01. The fourth-order valence-corrected chi connectivity index (χ4v) is 4.69. The molecule has 3 aromatic rings. The molecule has 1 amide bonds. The second-order valence-electron chi connectivity index (χ2n) is 6.18. The van der Waals surface area contributed by atoms with E-state index < -0.39 is 0 Å². The molecule has 2 aromatic heterocycles. The SMILES string of the molecule is CC(=O)N(c1nc(CSc2ccccn2)cs1)c1c(C)cc(C)cc1C. The zero-order chi connectivity index (χ0) is 18.7. The molecule has 134 valence electrons. The Hall–Kier alpha value is -2.18. The highest BCUT2D eigenvalue weighted by atomic mass is 32.2. The van der Waals surface area contributed by atoms with Gasteiger partial charge in [0, 0.05) is 24.3 Å². The Kier molecular flexibility index (Phi) is 5.74. The minimum absolute atomic E-state index is 0.0293. The van der Waals surface area contributed by atoms with Crippen LogP contribution in [-0.2, 0) is 10.5 Å². The van der Waals surface area contributed by atoms with Crippen LogP contribution in [-0.4, -0.2) is 15.9 Å². The van der Waals surface area contributed by atoms with Crippen molar-refractivity contribution in [3.63, 3.8) is 0 Å². The smallest absolute Gasteiger partial charge is 0.230 e. The number of nitrogens with zero attached hydrogens (tertiary/aromatic N) is 3. The molecule has 0 fully saturated rings. The van der Waals surface area contributed by atoms with Crippen molar-refractivity contribution in [3.05, 3.63) is 64.3 Å². The summed E-state index contributed by atoms with van der Waals surface area (Å²) < 4.78 is 0. The van der Waals surface area contributed by atoms with Gasteiger partial charge in [0.2, 0.25) is 5.91 Å². The molecule has 0 saturated carbocycles. The van der Waals surface area contributed by atoms with Gasteiger partial charge in [-0.3, -0.25) is 9.69 Å². The third kappa shape index (κ3) is 4.14. The maximum absolute atomic E-state index is 12.4. The quantitative estimate of drug-likeness (QED) is 0.550. The Morgan fingerprint density at radius 1 is 1.19 bits per heavy atom. The molecular formula is C20H21N3OS2. The van der Waals surface area contributed by atoms with Gasteiger partial charge in [-0.25, -0.2) is 9.97 Å². The van der Waals surface area contributed by atoms with Crippen LogP contribution in [0.5, 0.6) is 0 Å². The van der Waals surface area contributed by atoms with Crippen LogP contribution in [0.4, 0.5) is 10.8 Å². The number of benzene rings is 1. The van der Waals surface area contributed by atoms with Crippen molar-refractivity contribution >= 4 is 39.8 Å². The first-order valence-electron chi connectivity index (χ1n) is 8.32. The van der Waals surface area contributed by atoms with Gasteiger partial charge in [0.05, 0.1) is 16.4 Å². The molecule has 0 atom stereocenters. The number of rotatable bonds is 5. The summed E-state index contributed by atoms with van der Waals surface area (Å²) in [6.45, 7) is 7.73. The minimum Gasteiger partial charge on any atom is -0.274 e. The number of aromatic nitrogens is 2. The van der Waals surface area contributed by atoms with Gasteiger partial charge in [-0.2, -0.15) is 0 Å². The van der Waals surface area contributed by atoms with Crippen LogP contribution in [0.3, 0.4) is 0 Å². The van der Waals surface area contributed by atoms with E-state index in [4.69, 9.17) is 4.98 Å². The summed E-state index contributed by atoms with van der Waals surface area (Å²) in [6.07, 6.45) is 1.79. The Morgan fingerprint density at radius 3 is 2.54 bits per heavy atom. The molecule has 0 spiro atoms. The molecule has 0 aliphatic carbocycles. The van der Waals surface area contributed by atoms with E-state index in [0.29, 0.717) is 5.13 Å². The number of hydrogen-bond donors (Lipinski definition) is 0. The van der Waals surface area contributed by atoms with Gasteiger partial charge in [-0.1, -0.05) is 23.8 Å². The van der Waals surface area contributed by atoms with Crippen LogP contribution in [0.2, 0.25) is 0 Å². The van der Waals surface area contributed by atoms with Crippen molar-refractivity contribution in [1.82, 2.24) is 9.97 Å². The standard InChI is InChI=1S/C20H21N3OS2/c1-13-9-14(2)19(15(3)10-13)23(16(4)24)20-22-17(12-26-20)11-25-18-7-5-6-8-21-18/h5-10,12H,11H2,1-4H3. The maximum atomic E-state index is 12.4. The van der Waals surface area contributed by atoms with Gasteiger partial charge >= 0.3 is 0 Å². The van der Waals surface area contributed by atoms with E-state index in [1.807, 2.05) is 37.4 Å². The first-order chi connectivity index (χ1) is 12.5. The monoisotopic (exact) mass is 383 g/mol. The van der Waals surface area contributed by atoms with Gasteiger partial charge in [0.15, 0.2) is 5.13 Å². The van der Waals surface area contributed by atoms with E-state index in [1.54, 1.807) is 29.8 Å². The van der Waals surface area contributed by atoms with Gasteiger partial charge in [-0.05, 0) is 44.0 Å². The predicted octanol–water partition coefficient (Wildman–Crippen LogP) is 5.44. The molecule has 0 N–H and O–H groups in total. The fourth-order valence-electron chi connectivity index (χ4n) is 2.96. The average Bonchev–Trinajstić information content (AvgIpc) is 3.05. The summed E-state index contributed by atoms with van der Waals surface area (Å²) in [5.74, 6) is 0.698. The van der Waals surface area contributed by atoms with Crippen molar-refractivity contribution in [3.8, 4) is 0 Å². The highest BCUT2D eigenvalue weighted by molar-refractivity contribution is 7.98. The lowest BCUT2D eigenvalue weighted by molar-refractivity contribution is -0.115. The molecule has 3 rings (SSSR count). The van der Waals surface area contributed by atoms with Crippen LogP contribution in [0.1, 0.15) is 29.3 Å². The van der Waals surface area contributed by atoms with Gasteiger partial charge in [0.1, 0.15) is 0 Å². The number of anilines is 2. The van der Waals surface area contributed by atoms with Crippen molar-refractivity contribution < 1.29 is 4.79 Å². The number of carbonyl (C=O) groups is 1. The molecule has 0 aliphatic rings. The Balaban J connectivity index is 1.86. The topological polar surface area (TPSA) is 46.1 Å². The second kappa shape index (κ2) is 8.01. The van der Waals surface area contributed by atoms with E-state index in [1.165, 1.54) is 16.9 Å². The predicted molar refractivity (Wildman–Crippen MR) is 109 cm³/mol. The molecule has 0 saturated heterocycles. The lowest BCUT2D eigenvalue weighted by atomic mass is 10.0. The Labute approximate surface area is 162 Å². The largest absolute Gasteiger partial charge is 0.274 e. The van der Waals surface area contributed by atoms with E-state index >= 15 is 0 Å². The average molecular weight is 384 g/mol. The first kappa shape index (κ1) is 18.6. The zero-order valence-corrected chi connectivity index (χ0v) is 16.9. The van der Waals surface area contributed by atoms with Gasteiger partial charge in [-0.15, -0.1) is 23.1 Å². The van der Waals surface area contributed by atoms with Crippen molar-refractivity contribution in [2.24, 2.45) is 0 Å². The summed E-state index contributed by atoms with van der Waals surface area (Å²) in [5.41, 5.74) is 5.24. The summed E-state index contributed by atoms with van der Waals surface area (Å²) in [6, 6.07) is 10.1. The summed E-state index contributed by atoms with van der Waals surface area (Å²) in [4.78, 5) is 23.1. The van der Waals surface area contributed by atoms with E-state index in [0.717, 1.165) is 33.3 Å². The number of pyridine rings is 1. The molecule has 26 heavy (non-hydrogen) atoms. The van der Waals surface area contributed by atoms with Crippen molar-refractivity contribution in [2.75, 3.05) is 4.90 Å². The van der Waals surface area contributed by atoms with Crippen LogP contribution < -0.4 is 4.90 Å². The third-order valence-corrected chi connectivity index (χ3v) is 5.76. The van der Waals surface area contributed by atoms with Crippen molar-refractivity contribution in [1.29, 1.82) is 0 Å². The maximum Gasteiger partial charge on any atom is 0.230 e. The Bertz CT molecular complexity index is 899. The number of thiazole rings is 1. The molecule has 0 bridgehead atoms.